The Balaban J connectivity index is 1.59. The van der Waals surface area contributed by atoms with Crippen LogP contribution in [0, 0.1) is 0 Å². The number of imide groups is 1. The van der Waals surface area contributed by atoms with Crippen molar-refractivity contribution < 1.29 is 19.1 Å². The Morgan fingerprint density at radius 2 is 2.00 bits per heavy atom. The first-order valence-corrected chi connectivity index (χ1v) is 8.48. The van der Waals surface area contributed by atoms with Gasteiger partial charge in [-0.1, -0.05) is 12.1 Å². The van der Waals surface area contributed by atoms with E-state index in [2.05, 4.69) is 10.6 Å². The Morgan fingerprint density at radius 1 is 1.32 bits per heavy atom. The van der Waals surface area contributed by atoms with E-state index >= 15 is 0 Å². The summed E-state index contributed by atoms with van der Waals surface area (Å²) in [6, 6.07) is 7.29. The molecule has 7 nitrogen and oxygen atoms in total. The molecule has 4 amide bonds. The SMILES string of the molecule is COc1ccc(CC[C@]2(C)NC(=O)N(CC(=O)NC3CC3)C2=O)cc1. The lowest BCUT2D eigenvalue weighted by Gasteiger charge is -2.21. The van der Waals surface area contributed by atoms with Crippen molar-refractivity contribution in [2.45, 2.75) is 44.2 Å². The summed E-state index contributed by atoms with van der Waals surface area (Å²) >= 11 is 0. The number of carbonyl (C=O) groups excluding carboxylic acids is 3. The van der Waals surface area contributed by atoms with Crippen LogP contribution in [0.15, 0.2) is 24.3 Å². The van der Waals surface area contributed by atoms with Gasteiger partial charge in [-0.05, 0) is 50.3 Å². The topological polar surface area (TPSA) is 87.7 Å². The molecule has 134 valence electrons. The first-order valence-electron chi connectivity index (χ1n) is 8.48. The van der Waals surface area contributed by atoms with Gasteiger partial charge in [0.05, 0.1) is 7.11 Å². The molecular weight excluding hydrogens is 322 g/mol. The number of carbonyl (C=O) groups is 3. The zero-order valence-electron chi connectivity index (χ0n) is 14.5. The Labute approximate surface area is 146 Å². The van der Waals surface area contributed by atoms with Gasteiger partial charge in [0, 0.05) is 6.04 Å². The number of rotatable bonds is 7. The van der Waals surface area contributed by atoms with Crippen molar-refractivity contribution in [2.75, 3.05) is 13.7 Å². The van der Waals surface area contributed by atoms with Crippen molar-refractivity contribution in [3.05, 3.63) is 29.8 Å². The number of nitrogens with one attached hydrogen (secondary N) is 2. The molecular formula is C18H23N3O4. The molecule has 3 rings (SSSR count). The molecule has 1 saturated carbocycles. The van der Waals surface area contributed by atoms with Gasteiger partial charge in [0.2, 0.25) is 5.91 Å². The first kappa shape index (κ1) is 17.3. The molecule has 1 aliphatic heterocycles. The Hall–Kier alpha value is -2.57. The molecule has 1 saturated heterocycles. The fourth-order valence-electron chi connectivity index (χ4n) is 2.89. The number of nitrogens with zero attached hydrogens (tertiary/aromatic N) is 1. The van der Waals surface area contributed by atoms with E-state index in [9.17, 15) is 14.4 Å². The number of hydrogen-bond acceptors (Lipinski definition) is 4. The minimum Gasteiger partial charge on any atom is -0.497 e. The smallest absolute Gasteiger partial charge is 0.325 e. The molecule has 0 radical (unpaired) electrons. The van der Waals surface area contributed by atoms with Crippen LogP contribution in [0.25, 0.3) is 0 Å². The van der Waals surface area contributed by atoms with Gasteiger partial charge in [-0.25, -0.2) is 4.79 Å². The quantitative estimate of drug-likeness (QED) is 0.727. The van der Waals surface area contributed by atoms with E-state index < -0.39 is 11.6 Å². The number of aryl methyl sites for hydroxylation is 1. The molecule has 1 aromatic rings. The highest BCUT2D eigenvalue weighted by molar-refractivity contribution is 6.08. The predicted octanol–water partition coefficient (Wildman–Crippen LogP) is 1.22. The summed E-state index contributed by atoms with van der Waals surface area (Å²) in [6.45, 7) is 1.48. The molecule has 0 aromatic heterocycles. The molecule has 1 atom stereocenters. The van der Waals surface area contributed by atoms with Gasteiger partial charge >= 0.3 is 6.03 Å². The van der Waals surface area contributed by atoms with Crippen molar-refractivity contribution in [3.63, 3.8) is 0 Å². The van der Waals surface area contributed by atoms with Gasteiger partial charge in [-0.3, -0.25) is 14.5 Å². The highest BCUT2D eigenvalue weighted by Crippen LogP contribution is 2.24. The average Bonchev–Trinajstić information content (AvgIpc) is 3.38. The fourth-order valence-corrected chi connectivity index (χ4v) is 2.89. The molecule has 0 bridgehead atoms. The van der Waals surface area contributed by atoms with Crippen LogP contribution < -0.4 is 15.4 Å². The molecule has 0 spiro atoms. The second kappa shape index (κ2) is 6.74. The van der Waals surface area contributed by atoms with Crippen LogP contribution >= 0.6 is 0 Å². The lowest BCUT2D eigenvalue weighted by molar-refractivity contribution is -0.134. The third-order valence-corrected chi connectivity index (χ3v) is 4.66. The lowest BCUT2D eigenvalue weighted by Crippen LogP contribution is -2.45. The fraction of sp³-hybridized carbons (Fsp3) is 0.500. The molecule has 7 heteroatoms. The van der Waals surface area contributed by atoms with Crippen LogP contribution in [0.2, 0.25) is 0 Å². The summed E-state index contributed by atoms with van der Waals surface area (Å²) in [7, 11) is 1.61. The van der Waals surface area contributed by atoms with E-state index in [1.165, 1.54) is 0 Å². The van der Waals surface area contributed by atoms with Crippen LogP contribution in [0.1, 0.15) is 31.7 Å². The lowest BCUT2D eigenvalue weighted by atomic mass is 9.93. The summed E-state index contributed by atoms with van der Waals surface area (Å²) in [5.41, 5.74) is 0.0608. The van der Waals surface area contributed by atoms with Gasteiger partial charge in [-0.2, -0.15) is 0 Å². The summed E-state index contributed by atoms with van der Waals surface area (Å²) in [6.07, 6.45) is 3.02. The van der Waals surface area contributed by atoms with Crippen molar-refractivity contribution in [1.82, 2.24) is 15.5 Å². The predicted molar refractivity (Wildman–Crippen MR) is 91.1 cm³/mol. The van der Waals surface area contributed by atoms with Crippen LogP contribution in [-0.2, 0) is 16.0 Å². The van der Waals surface area contributed by atoms with Gasteiger partial charge in [0.1, 0.15) is 17.8 Å². The van der Waals surface area contributed by atoms with Crippen LogP contribution in [-0.4, -0.2) is 48.0 Å². The maximum atomic E-state index is 12.6. The van der Waals surface area contributed by atoms with E-state index in [0.29, 0.717) is 12.8 Å². The number of ether oxygens (including phenoxy) is 1. The van der Waals surface area contributed by atoms with E-state index in [1.807, 2.05) is 24.3 Å². The molecule has 1 heterocycles. The number of amides is 4. The van der Waals surface area contributed by atoms with Crippen molar-refractivity contribution >= 4 is 17.8 Å². The molecule has 0 unspecified atom stereocenters. The minimum absolute atomic E-state index is 0.203. The van der Waals surface area contributed by atoms with E-state index in [-0.39, 0.29) is 24.4 Å². The third-order valence-electron chi connectivity index (χ3n) is 4.66. The zero-order valence-corrected chi connectivity index (χ0v) is 14.5. The van der Waals surface area contributed by atoms with Crippen LogP contribution in [0.4, 0.5) is 4.79 Å². The van der Waals surface area contributed by atoms with Gasteiger partial charge in [-0.15, -0.1) is 0 Å². The van der Waals surface area contributed by atoms with Crippen molar-refractivity contribution in [2.24, 2.45) is 0 Å². The van der Waals surface area contributed by atoms with E-state index in [1.54, 1.807) is 14.0 Å². The van der Waals surface area contributed by atoms with Gasteiger partial charge in [0.15, 0.2) is 0 Å². The Morgan fingerprint density at radius 3 is 2.60 bits per heavy atom. The average molecular weight is 345 g/mol. The summed E-state index contributed by atoms with van der Waals surface area (Å²) in [5, 5.41) is 5.52. The number of benzene rings is 1. The molecule has 2 aliphatic rings. The monoisotopic (exact) mass is 345 g/mol. The maximum Gasteiger partial charge on any atom is 0.325 e. The second-order valence-electron chi connectivity index (χ2n) is 6.84. The van der Waals surface area contributed by atoms with Crippen molar-refractivity contribution in [1.29, 1.82) is 0 Å². The molecule has 1 aromatic carbocycles. The number of hydrogen-bond donors (Lipinski definition) is 2. The normalized spacial score (nSPS) is 22.7. The maximum absolute atomic E-state index is 12.6. The highest BCUT2D eigenvalue weighted by Gasteiger charge is 2.48. The van der Waals surface area contributed by atoms with Crippen LogP contribution in [0.5, 0.6) is 5.75 Å². The van der Waals surface area contributed by atoms with Crippen LogP contribution in [0.3, 0.4) is 0 Å². The molecule has 2 fully saturated rings. The summed E-state index contributed by atoms with van der Waals surface area (Å²) < 4.78 is 5.13. The number of methoxy groups -OCH3 is 1. The Kier molecular flexibility index (Phi) is 4.65. The second-order valence-corrected chi connectivity index (χ2v) is 6.84. The van der Waals surface area contributed by atoms with E-state index in [0.717, 1.165) is 29.1 Å². The van der Waals surface area contributed by atoms with Crippen molar-refractivity contribution in [3.8, 4) is 5.75 Å². The summed E-state index contributed by atoms with van der Waals surface area (Å²) in [5.74, 6) is 0.135. The standard InChI is InChI=1S/C18H23N3O4/c1-18(10-9-12-3-7-14(25-2)8-4-12)16(23)21(17(24)20-18)11-15(22)19-13-5-6-13/h3-4,7-8,13H,5-6,9-11H2,1-2H3,(H,19,22)(H,20,24)/t18-/m0/s1. The zero-order chi connectivity index (χ0) is 18.0. The van der Waals surface area contributed by atoms with E-state index in [4.69, 9.17) is 4.74 Å². The van der Waals surface area contributed by atoms with Gasteiger partial charge in [0.25, 0.3) is 5.91 Å². The first-order chi connectivity index (χ1) is 11.9. The molecule has 25 heavy (non-hydrogen) atoms. The molecule has 1 aliphatic carbocycles. The largest absolute Gasteiger partial charge is 0.497 e. The summed E-state index contributed by atoms with van der Waals surface area (Å²) in [4.78, 5) is 37.7. The number of urea groups is 1. The molecule has 2 N–H and O–H groups in total. The Bertz CT molecular complexity index is 684. The highest BCUT2D eigenvalue weighted by atomic mass is 16.5. The van der Waals surface area contributed by atoms with Gasteiger partial charge < -0.3 is 15.4 Å². The minimum atomic E-state index is -0.989. The third kappa shape index (κ3) is 3.92.